The smallest absolute Gasteiger partial charge is 0.228 e. The number of aromatic nitrogens is 4. The lowest BCUT2D eigenvalue weighted by Crippen LogP contribution is -2.50. The molecule has 2 aromatic rings. The number of nitrogens with zero attached hydrogens (tertiary/aromatic N) is 7. The Balaban J connectivity index is 1.55. The van der Waals surface area contributed by atoms with Crippen molar-refractivity contribution in [3.8, 4) is 11.3 Å². The fourth-order valence-corrected chi connectivity index (χ4v) is 5.43. The predicted octanol–water partition coefficient (Wildman–Crippen LogP) is 2.14. The molecule has 0 aromatic carbocycles. The Morgan fingerprint density at radius 3 is 2.60 bits per heavy atom. The molecular weight excluding hydrogens is 444 g/mol. The van der Waals surface area contributed by atoms with Crippen LogP contribution in [0.1, 0.15) is 46.6 Å². The summed E-state index contributed by atoms with van der Waals surface area (Å²) in [5.41, 5.74) is 7.97. The number of morpholine rings is 1. The maximum Gasteiger partial charge on any atom is 0.228 e. The van der Waals surface area contributed by atoms with Gasteiger partial charge in [-0.3, -0.25) is 4.79 Å². The minimum Gasteiger partial charge on any atom is -0.377 e. The van der Waals surface area contributed by atoms with Crippen molar-refractivity contribution in [1.82, 2.24) is 24.8 Å². The zero-order valence-electron chi connectivity index (χ0n) is 21.4. The fraction of sp³-hybridized carbons (Fsp3) is 0.640. The van der Waals surface area contributed by atoms with Crippen molar-refractivity contribution in [2.24, 2.45) is 5.41 Å². The van der Waals surface area contributed by atoms with Crippen LogP contribution in [0.3, 0.4) is 0 Å². The Hall–Kier alpha value is -3.01. The molecule has 2 fully saturated rings. The molecule has 35 heavy (non-hydrogen) atoms. The van der Waals surface area contributed by atoms with Gasteiger partial charge >= 0.3 is 0 Å². The van der Waals surface area contributed by atoms with Crippen molar-refractivity contribution >= 4 is 23.6 Å². The standard InChI is InChI=1S/C25H36N8O2/c1-16-14-35-11-10-32(16)23-29-19(17-12-27-22(26)28-13-17)18-6-8-33(20(18)30-23)25(5)7-9-31(15-25)21(34)24(2,3)4/h12-13,16H,6-11,14-15H2,1-5H3,(H2,26,27,28)/t16-,25-/m0/s1. The molecule has 0 bridgehead atoms. The van der Waals surface area contributed by atoms with Crippen LogP contribution >= 0.6 is 0 Å². The third kappa shape index (κ3) is 4.28. The first-order chi connectivity index (χ1) is 16.6. The number of fused-ring (bicyclic) bond motifs is 1. The molecule has 2 atom stereocenters. The van der Waals surface area contributed by atoms with Crippen LogP contribution in [0.15, 0.2) is 12.4 Å². The van der Waals surface area contributed by atoms with E-state index in [1.807, 2.05) is 25.7 Å². The van der Waals surface area contributed by atoms with Gasteiger partial charge in [0.1, 0.15) is 5.82 Å². The van der Waals surface area contributed by atoms with Crippen LogP contribution in [0.2, 0.25) is 0 Å². The lowest BCUT2D eigenvalue weighted by atomic mass is 9.94. The van der Waals surface area contributed by atoms with Gasteiger partial charge in [-0.2, -0.15) is 4.98 Å². The van der Waals surface area contributed by atoms with E-state index < -0.39 is 5.41 Å². The number of hydrogen-bond acceptors (Lipinski definition) is 9. The fourth-order valence-electron chi connectivity index (χ4n) is 5.43. The second kappa shape index (κ2) is 8.58. The van der Waals surface area contributed by atoms with Gasteiger partial charge in [-0.1, -0.05) is 20.8 Å². The second-order valence-electron chi connectivity index (χ2n) is 11.2. The van der Waals surface area contributed by atoms with Gasteiger partial charge in [0.25, 0.3) is 0 Å². The third-order valence-corrected chi connectivity index (χ3v) is 7.42. The Kier molecular flexibility index (Phi) is 5.82. The maximum atomic E-state index is 13.0. The van der Waals surface area contributed by atoms with Crippen molar-refractivity contribution in [3.05, 3.63) is 18.0 Å². The highest BCUT2D eigenvalue weighted by Crippen LogP contribution is 2.42. The highest BCUT2D eigenvalue weighted by molar-refractivity contribution is 5.82. The number of anilines is 3. The Bertz CT molecular complexity index is 1120. The van der Waals surface area contributed by atoms with E-state index in [-0.39, 0.29) is 23.4 Å². The first-order valence-electron chi connectivity index (χ1n) is 12.5. The molecule has 5 rings (SSSR count). The van der Waals surface area contributed by atoms with Crippen LogP contribution in [0.25, 0.3) is 11.3 Å². The molecule has 1 amide bonds. The van der Waals surface area contributed by atoms with Gasteiger partial charge in [0.2, 0.25) is 17.8 Å². The van der Waals surface area contributed by atoms with Gasteiger partial charge in [0.05, 0.1) is 30.5 Å². The van der Waals surface area contributed by atoms with Gasteiger partial charge in [-0.15, -0.1) is 0 Å². The lowest BCUT2D eigenvalue weighted by Gasteiger charge is -2.38. The molecule has 188 valence electrons. The normalized spacial score (nSPS) is 24.7. The molecule has 2 N–H and O–H groups in total. The van der Waals surface area contributed by atoms with Crippen molar-refractivity contribution in [3.63, 3.8) is 0 Å². The summed E-state index contributed by atoms with van der Waals surface area (Å²) in [7, 11) is 0. The molecule has 0 aliphatic carbocycles. The molecule has 5 heterocycles. The number of carbonyl (C=O) groups excluding carboxylic acids is 1. The van der Waals surface area contributed by atoms with Crippen LogP contribution < -0.4 is 15.5 Å². The Morgan fingerprint density at radius 1 is 1.17 bits per heavy atom. The number of nitrogens with two attached hydrogens (primary N) is 1. The largest absolute Gasteiger partial charge is 0.377 e. The van der Waals surface area contributed by atoms with Gasteiger partial charge in [0.15, 0.2) is 0 Å². The SMILES string of the molecule is C[C@H]1COCCN1c1nc(-c2cnc(N)nc2)c2c(n1)N([C@@]1(C)CCN(C(=O)C(C)(C)C)C1)CC2. The molecule has 2 saturated heterocycles. The molecule has 10 nitrogen and oxygen atoms in total. The summed E-state index contributed by atoms with van der Waals surface area (Å²) in [6, 6.07) is 0.175. The van der Waals surface area contributed by atoms with Crippen LogP contribution in [0.5, 0.6) is 0 Å². The molecule has 0 radical (unpaired) electrons. The van der Waals surface area contributed by atoms with Gasteiger partial charge < -0.3 is 25.2 Å². The highest BCUT2D eigenvalue weighted by atomic mass is 16.5. The van der Waals surface area contributed by atoms with Crippen molar-refractivity contribution < 1.29 is 9.53 Å². The summed E-state index contributed by atoms with van der Waals surface area (Å²) in [6.07, 6.45) is 5.21. The van der Waals surface area contributed by atoms with Gasteiger partial charge in [-0.25, -0.2) is 15.0 Å². The van der Waals surface area contributed by atoms with Crippen LogP contribution in [0.4, 0.5) is 17.7 Å². The zero-order chi connectivity index (χ0) is 25.0. The van der Waals surface area contributed by atoms with E-state index in [0.717, 1.165) is 55.1 Å². The summed E-state index contributed by atoms with van der Waals surface area (Å²) in [5, 5.41) is 0. The van der Waals surface area contributed by atoms with E-state index in [1.54, 1.807) is 12.4 Å². The Labute approximate surface area is 206 Å². The topological polar surface area (TPSA) is 114 Å². The number of nitrogen functional groups attached to an aromatic ring is 1. The van der Waals surface area contributed by atoms with E-state index in [4.69, 9.17) is 20.4 Å². The average Bonchev–Trinajstić information content (AvgIpc) is 3.43. The average molecular weight is 481 g/mol. The van der Waals surface area contributed by atoms with E-state index in [2.05, 4.69) is 33.6 Å². The molecule has 3 aliphatic heterocycles. The van der Waals surface area contributed by atoms with Crippen molar-refractivity contribution in [2.45, 2.75) is 59.0 Å². The number of carbonyl (C=O) groups is 1. The lowest BCUT2D eigenvalue weighted by molar-refractivity contribution is -0.138. The van der Waals surface area contributed by atoms with E-state index in [9.17, 15) is 4.79 Å². The van der Waals surface area contributed by atoms with E-state index >= 15 is 0 Å². The molecular formula is C25H36N8O2. The first-order valence-corrected chi connectivity index (χ1v) is 12.5. The summed E-state index contributed by atoms with van der Waals surface area (Å²) >= 11 is 0. The predicted molar refractivity (Wildman–Crippen MR) is 135 cm³/mol. The summed E-state index contributed by atoms with van der Waals surface area (Å²) < 4.78 is 5.66. The zero-order valence-corrected chi connectivity index (χ0v) is 21.4. The second-order valence-corrected chi connectivity index (χ2v) is 11.2. The highest BCUT2D eigenvalue weighted by Gasteiger charge is 2.46. The van der Waals surface area contributed by atoms with Crippen LogP contribution in [-0.2, 0) is 16.0 Å². The summed E-state index contributed by atoms with van der Waals surface area (Å²) in [6.45, 7) is 14.7. The number of amides is 1. The van der Waals surface area contributed by atoms with Gasteiger partial charge in [-0.05, 0) is 26.7 Å². The minimum absolute atomic E-state index is 0.175. The summed E-state index contributed by atoms with van der Waals surface area (Å²) in [5.74, 6) is 2.09. The van der Waals surface area contributed by atoms with Crippen LogP contribution in [0, 0.1) is 5.41 Å². The Morgan fingerprint density at radius 2 is 1.91 bits per heavy atom. The van der Waals surface area contributed by atoms with Crippen molar-refractivity contribution in [1.29, 1.82) is 0 Å². The third-order valence-electron chi connectivity index (χ3n) is 7.42. The molecule has 2 aromatic heterocycles. The number of hydrogen-bond donors (Lipinski definition) is 1. The van der Waals surface area contributed by atoms with Gasteiger partial charge in [0, 0.05) is 55.1 Å². The minimum atomic E-state index is -0.391. The monoisotopic (exact) mass is 480 g/mol. The number of rotatable bonds is 3. The van der Waals surface area contributed by atoms with Crippen molar-refractivity contribution in [2.75, 3.05) is 54.9 Å². The quantitative estimate of drug-likeness (QED) is 0.706. The number of ether oxygens (including phenoxy) is 1. The molecule has 0 saturated carbocycles. The molecule has 0 spiro atoms. The molecule has 0 unspecified atom stereocenters. The first kappa shape index (κ1) is 23.7. The number of likely N-dealkylation sites (tertiary alicyclic amines) is 1. The molecule has 10 heteroatoms. The molecule has 3 aliphatic rings. The van der Waals surface area contributed by atoms with E-state index in [1.165, 1.54) is 0 Å². The van der Waals surface area contributed by atoms with Crippen LogP contribution in [-0.4, -0.2) is 81.7 Å². The maximum absolute atomic E-state index is 13.0. The van der Waals surface area contributed by atoms with E-state index in [0.29, 0.717) is 25.7 Å². The summed E-state index contributed by atoms with van der Waals surface area (Å²) in [4.78, 5) is 38.2.